The summed E-state index contributed by atoms with van der Waals surface area (Å²) in [4.78, 5) is 0. The molecule has 0 aliphatic heterocycles. The molecule has 0 aromatic carbocycles. The Morgan fingerprint density at radius 2 is 2.25 bits per heavy atom. The molecule has 46 valence electrons. The van der Waals surface area contributed by atoms with Crippen LogP contribution in [-0.4, -0.2) is 15.5 Å². The first-order chi connectivity index (χ1) is 3.73. The molecule has 3 atom stereocenters. The van der Waals surface area contributed by atoms with Gasteiger partial charge in [-0.25, -0.2) is 0 Å². The maximum absolute atomic E-state index is 9.25. The van der Waals surface area contributed by atoms with Crippen molar-refractivity contribution in [3.05, 3.63) is 0 Å². The zero-order chi connectivity index (χ0) is 5.78. The van der Waals surface area contributed by atoms with Crippen LogP contribution in [0.4, 0.5) is 0 Å². The molecular weight excluding hydrogens is 168 g/mol. The number of rotatable bonds is 0. The van der Waals surface area contributed by atoms with Crippen molar-refractivity contribution in [3.63, 3.8) is 0 Å². The predicted octanol–water partition coefficient (Wildman–Crippen LogP) is 1.29. The standard InChI is InChI=1S/C6H9BrO/c7-6-3-4(6)1-2-5(6)8/h4-5,8H,1-3H2. The molecule has 1 N–H and O–H groups in total. The van der Waals surface area contributed by atoms with E-state index in [-0.39, 0.29) is 10.4 Å². The SMILES string of the molecule is OC1CCC2CC12Br. The molecule has 1 nitrogen and oxygen atoms in total. The van der Waals surface area contributed by atoms with E-state index in [1.54, 1.807) is 0 Å². The smallest absolute Gasteiger partial charge is 0.0696 e. The number of aliphatic hydroxyl groups is 1. The molecule has 2 aliphatic carbocycles. The summed E-state index contributed by atoms with van der Waals surface area (Å²) < 4.78 is 0.188. The van der Waals surface area contributed by atoms with E-state index in [0.29, 0.717) is 0 Å². The van der Waals surface area contributed by atoms with E-state index in [4.69, 9.17) is 0 Å². The van der Waals surface area contributed by atoms with Crippen molar-refractivity contribution in [2.45, 2.75) is 29.7 Å². The van der Waals surface area contributed by atoms with E-state index in [1.165, 1.54) is 12.8 Å². The quantitative estimate of drug-likeness (QED) is 0.553. The van der Waals surface area contributed by atoms with Crippen molar-refractivity contribution in [2.75, 3.05) is 0 Å². The fourth-order valence-corrected chi connectivity index (χ4v) is 2.52. The Morgan fingerprint density at radius 3 is 2.38 bits per heavy atom. The molecule has 2 rings (SSSR count). The Hall–Kier alpha value is 0.440. The highest BCUT2D eigenvalue weighted by molar-refractivity contribution is 9.10. The molecule has 8 heavy (non-hydrogen) atoms. The third kappa shape index (κ3) is 0.456. The first kappa shape index (κ1) is 5.24. The van der Waals surface area contributed by atoms with Crippen LogP contribution in [0, 0.1) is 5.92 Å². The van der Waals surface area contributed by atoms with Gasteiger partial charge in [0.2, 0.25) is 0 Å². The van der Waals surface area contributed by atoms with Crippen LogP contribution in [0.2, 0.25) is 0 Å². The van der Waals surface area contributed by atoms with Crippen LogP contribution in [0.25, 0.3) is 0 Å². The molecule has 0 aromatic rings. The van der Waals surface area contributed by atoms with E-state index in [0.717, 1.165) is 12.3 Å². The fourth-order valence-electron chi connectivity index (χ4n) is 1.67. The van der Waals surface area contributed by atoms with Gasteiger partial charge in [0.1, 0.15) is 0 Å². The van der Waals surface area contributed by atoms with Crippen LogP contribution in [0.15, 0.2) is 0 Å². The topological polar surface area (TPSA) is 20.2 Å². The lowest BCUT2D eigenvalue weighted by Crippen LogP contribution is -2.17. The molecule has 2 fully saturated rings. The van der Waals surface area contributed by atoms with Gasteiger partial charge in [-0.2, -0.15) is 0 Å². The molecule has 0 spiro atoms. The Labute approximate surface area is 57.2 Å². The molecule has 2 saturated carbocycles. The number of hydrogen-bond acceptors (Lipinski definition) is 1. The molecule has 0 saturated heterocycles. The number of alkyl halides is 1. The summed E-state index contributed by atoms with van der Waals surface area (Å²) in [5, 5.41) is 9.25. The highest BCUT2D eigenvalue weighted by atomic mass is 79.9. The third-order valence-corrected chi connectivity index (χ3v) is 3.92. The second kappa shape index (κ2) is 1.29. The van der Waals surface area contributed by atoms with Gasteiger partial charge in [0, 0.05) is 0 Å². The highest BCUT2D eigenvalue weighted by Crippen LogP contribution is 2.61. The number of halogens is 1. The monoisotopic (exact) mass is 176 g/mol. The van der Waals surface area contributed by atoms with Gasteiger partial charge in [-0.3, -0.25) is 0 Å². The number of aliphatic hydroxyl groups excluding tert-OH is 1. The van der Waals surface area contributed by atoms with Gasteiger partial charge in [0.25, 0.3) is 0 Å². The minimum atomic E-state index is -0.0486. The first-order valence-electron chi connectivity index (χ1n) is 3.10. The second-order valence-electron chi connectivity index (χ2n) is 2.92. The number of hydrogen-bond donors (Lipinski definition) is 1. The van der Waals surface area contributed by atoms with Gasteiger partial charge in [-0.1, -0.05) is 15.9 Å². The first-order valence-corrected chi connectivity index (χ1v) is 3.90. The summed E-state index contributed by atoms with van der Waals surface area (Å²) in [7, 11) is 0. The summed E-state index contributed by atoms with van der Waals surface area (Å²) in [5.41, 5.74) is 0. The molecule has 0 bridgehead atoms. The largest absolute Gasteiger partial charge is 0.392 e. The van der Waals surface area contributed by atoms with Gasteiger partial charge in [-0.15, -0.1) is 0 Å². The summed E-state index contributed by atoms with van der Waals surface area (Å²) in [5.74, 6) is 0.803. The zero-order valence-electron chi connectivity index (χ0n) is 4.60. The van der Waals surface area contributed by atoms with E-state index in [9.17, 15) is 5.11 Å². The Kier molecular flexibility index (Phi) is 0.848. The van der Waals surface area contributed by atoms with Gasteiger partial charge in [-0.05, 0) is 25.2 Å². The van der Waals surface area contributed by atoms with Crippen molar-refractivity contribution < 1.29 is 5.11 Å². The van der Waals surface area contributed by atoms with Gasteiger partial charge in [0.15, 0.2) is 0 Å². The summed E-state index contributed by atoms with van der Waals surface area (Å²) in [6.07, 6.45) is 3.39. The van der Waals surface area contributed by atoms with Crippen LogP contribution in [0.3, 0.4) is 0 Å². The van der Waals surface area contributed by atoms with Crippen LogP contribution >= 0.6 is 15.9 Å². The number of fused-ring (bicyclic) bond motifs is 1. The molecule has 2 heteroatoms. The summed E-state index contributed by atoms with van der Waals surface area (Å²) in [6, 6.07) is 0. The van der Waals surface area contributed by atoms with Crippen LogP contribution < -0.4 is 0 Å². The molecule has 0 heterocycles. The highest BCUT2D eigenvalue weighted by Gasteiger charge is 2.60. The van der Waals surface area contributed by atoms with Crippen molar-refractivity contribution in [1.29, 1.82) is 0 Å². The maximum atomic E-state index is 9.25. The lowest BCUT2D eigenvalue weighted by Gasteiger charge is -2.07. The molecule has 3 unspecified atom stereocenters. The third-order valence-electron chi connectivity index (χ3n) is 2.42. The van der Waals surface area contributed by atoms with Gasteiger partial charge >= 0.3 is 0 Å². The normalized spacial score (nSPS) is 60.8. The molecule has 2 aliphatic rings. The van der Waals surface area contributed by atoms with Crippen molar-refractivity contribution in [1.82, 2.24) is 0 Å². The molecular formula is C6H9BrO. The van der Waals surface area contributed by atoms with Crippen molar-refractivity contribution in [3.8, 4) is 0 Å². The van der Waals surface area contributed by atoms with Crippen LogP contribution in [0.5, 0.6) is 0 Å². The maximum Gasteiger partial charge on any atom is 0.0696 e. The Balaban J connectivity index is 2.19. The summed E-state index contributed by atoms with van der Waals surface area (Å²) >= 11 is 3.53. The van der Waals surface area contributed by atoms with Crippen LogP contribution in [0.1, 0.15) is 19.3 Å². The lowest BCUT2D eigenvalue weighted by atomic mass is 10.2. The average Bonchev–Trinajstić information content (AvgIpc) is 2.31. The van der Waals surface area contributed by atoms with Crippen molar-refractivity contribution >= 4 is 15.9 Å². The molecule has 0 amide bonds. The lowest BCUT2D eigenvalue weighted by molar-refractivity contribution is 0.173. The minimum Gasteiger partial charge on any atom is -0.392 e. The minimum absolute atomic E-state index is 0.0486. The molecule has 0 radical (unpaired) electrons. The van der Waals surface area contributed by atoms with E-state index >= 15 is 0 Å². The van der Waals surface area contributed by atoms with E-state index < -0.39 is 0 Å². The fraction of sp³-hybridized carbons (Fsp3) is 1.00. The van der Waals surface area contributed by atoms with Crippen molar-refractivity contribution in [2.24, 2.45) is 5.92 Å². The van der Waals surface area contributed by atoms with Crippen LogP contribution in [-0.2, 0) is 0 Å². The second-order valence-corrected chi connectivity index (χ2v) is 4.40. The Bertz CT molecular complexity index is 124. The Morgan fingerprint density at radius 1 is 1.50 bits per heavy atom. The van der Waals surface area contributed by atoms with Gasteiger partial charge in [0.05, 0.1) is 10.4 Å². The predicted molar refractivity (Wildman–Crippen MR) is 35.0 cm³/mol. The average molecular weight is 177 g/mol. The summed E-state index contributed by atoms with van der Waals surface area (Å²) in [6.45, 7) is 0. The zero-order valence-corrected chi connectivity index (χ0v) is 6.19. The van der Waals surface area contributed by atoms with E-state index in [2.05, 4.69) is 15.9 Å². The van der Waals surface area contributed by atoms with E-state index in [1.807, 2.05) is 0 Å². The van der Waals surface area contributed by atoms with Gasteiger partial charge < -0.3 is 5.11 Å². The molecule has 0 aromatic heterocycles.